The molecule has 0 bridgehead atoms. The van der Waals surface area contributed by atoms with Crippen LogP contribution in [0.15, 0.2) is 48.5 Å². The summed E-state index contributed by atoms with van der Waals surface area (Å²) >= 11 is 0. The molecule has 0 heterocycles. The minimum atomic E-state index is -0.0594. The molecule has 2 aromatic carbocycles. The molecule has 0 aliphatic heterocycles. The molecule has 0 radical (unpaired) electrons. The van der Waals surface area contributed by atoms with Gasteiger partial charge in [0, 0.05) is 12.6 Å². The molecule has 2 rings (SSSR count). The third-order valence-corrected chi connectivity index (χ3v) is 3.73. The highest BCUT2D eigenvalue weighted by Gasteiger charge is 2.18. The largest absolute Gasteiger partial charge is 0.484 e. The molecule has 0 saturated carbocycles. The molecule has 124 valence electrons. The highest BCUT2D eigenvalue weighted by Crippen LogP contribution is 2.14. The molecule has 24 heavy (non-hydrogen) atoms. The maximum atomic E-state index is 12.5. The van der Waals surface area contributed by atoms with Gasteiger partial charge < -0.3 is 9.64 Å². The SMILES string of the molecule is Cc1cccc(OCC(=O)N(Cc2ccc(C#N)cc2)C(C)C)c1. The molecule has 0 atom stereocenters. The minimum Gasteiger partial charge on any atom is -0.484 e. The molecule has 1 amide bonds. The number of nitriles is 1. The number of carbonyl (C=O) groups excluding carboxylic acids is 1. The summed E-state index contributed by atoms with van der Waals surface area (Å²) in [5, 5.41) is 8.85. The summed E-state index contributed by atoms with van der Waals surface area (Å²) < 4.78 is 5.62. The molecule has 4 heteroatoms. The van der Waals surface area contributed by atoms with Crippen LogP contribution in [0.4, 0.5) is 0 Å². The van der Waals surface area contributed by atoms with Crippen LogP contribution < -0.4 is 4.74 Å². The van der Waals surface area contributed by atoms with Gasteiger partial charge in [-0.1, -0.05) is 24.3 Å². The number of amides is 1. The predicted molar refractivity (Wildman–Crippen MR) is 93.5 cm³/mol. The second-order valence-corrected chi connectivity index (χ2v) is 6.03. The van der Waals surface area contributed by atoms with Crippen LogP contribution in [0.25, 0.3) is 0 Å². The van der Waals surface area contributed by atoms with E-state index in [0.29, 0.717) is 17.9 Å². The van der Waals surface area contributed by atoms with Gasteiger partial charge in [-0.3, -0.25) is 4.79 Å². The van der Waals surface area contributed by atoms with Crippen LogP contribution in [0, 0.1) is 18.3 Å². The van der Waals surface area contributed by atoms with Crippen molar-refractivity contribution < 1.29 is 9.53 Å². The van der Waals surface area contributed by atoms with Crippen molar-refractivity contribution in [2.75, 3.05) is 6.61 Å². The third-order valence-electron chi connectivity index (χ3n) is 3.73. The molecule has 0 fully saturated rings. The Morgan fingerprint density at radius 2 is 1.92 bits per heavy atom. The Labute approximate surface area is 143 Å². The number of benzene rings is 2. The summed E-state index contributed by atoms with van der Waals surface area (Å²) in [6.07, 6.45) is 0. The van der Waals surface area contributed by atoms with Crippen molar-refractivity contribution in [3.05, 3.63) is 65.2 Å². The topological polar surface area (TPSA) is 53.3 Å². The molecule has 0 aliphatic rings. The van der Waals surface area contributed by atoms with E-state index in [1.54, 1.807) is 17.0 Å². The van der Waals surface area contributed by atoms with Gasteiger partial charge in [-0.05, 0) is 56.2 Å². The number of carbonyl (C=O) groups is 1. The van der Waals surface area contributed by atoms with Crippen molar-refractivity contribution in [1.29, 1.82) is 5.26 Å². The lowest BCUT2D eigenvalue weighted by Gasteiger charge is -2.27. The molecular formula is C20H22N2O2. The monoisotopic (exact) mass is 322 g/mol. The Morgan fingerprint density at radius 3 is 2.50 bits per heavy atom. The van der Waals surface area contributed by atoms with Crippen LogP contribution in [0.2, 0.25) is 0 Å². The Hall–Kier alpha value is -2.80. The normalized spacial score (nSPS) is 10.3. The second-order valence-electron chi connectivity index (χ2n) is 6.03. The van der Waals surface area contributed by atoms with E-state index in [0.717, 1.165) is 11.1 Å². The van der Waals surface area contributed by atoms with Gasteiger partial charge in [0.2, 0.25) is 0 Å². The van der Waals surface area contributed by atoms with E-state index in [4.69, 9.17) is 10.00 Å². The van der Waals surface area contributed by atoms with E-state index in [-0.39, 0.29) is 18.6 Å². The molecule has 0 aliphatic carbocycles. The summed E-state index contributed by atoms with van der Waals surface area (Å²) in [7, 11) is 0. The van der Waals surface area contributed by atoms with Gasteiger partial charge in [0.15, 0.2) is 6.61 Å². The van der Waals surface area contributed by atoms with Crippen LogP contribution in [-0.4, -0.2) is 23.5 Å². The summed E-state index contributed by atoms with van der Waals surface area (Å²) in [6.45, 7) is 6.46. The molecular weight excluding hydrogens is 300 g/mol. The third kappa shape index (κ3) is 4.85. The van der Waals surface area contributed by atoms with E-state index in [9.17, 15) is 4.79 Å². The van der Waals surface area contributed by atoms with Crippen molar-refractivity contribution in [2.45, 2.75) is 33.4 Å². The first-order valence-corrected chi connectivity index (χ1v) is 7.97. The van der Waals surface area contributed by atoms with Gasteiger partial charge in [0.1, 0.15) is 5.75 Å². The average Bonchev–Trinajstić information content (AvgIpc) is 2.58. The number of nitrogens with zero attached hydrogens (tertiary/aromatic N) is 2. The minimum absolute atomic E-state index is 0.0118. The average molecular weight is 322 g/mol. The first-order chi connectivity index (χ1) is 11.5. The quantitative estimate of drug-likeness (QED) is 0.815. The van der Waals surface area contributed by atoms with Crippen LogP contribution in [0.3, 0.4) is 0 Å². The lowest BCUT2D eigenvalue weighted by atomic mass is 10.1. The van der Waals surface area contributed by atoms with Crippen LogP contribution in [0.1, 0.15) is 30.5 Å². The molecule has 0 N–H and O–H groups in total. The van der Waals surface area contributed by atoms with E-state index in [1.807, 2.05) is 57.2 Å². The van der Waals surface area contributed by atoms with Gasteiger partial charge in [-0.25, -0.2) is 0 Å². The number of ether oxygens (including phenoxy) is 1. The fourth-order valence-electron chi connectivity index (χ4n) is 2.37. The maximum Gasteiger partial charge on any atom is 0.261 e. The fourth-order valence-corrected chi connectivity index (χ4v) is 2.37. The smallest absolute Gasteiger partial charge is 0.261 e. The molecule has 2 aromatic rings. The summed E-state index contributed by atoms with van der Waals surface area (Å²) in [5.41, 5.74) is 2.70. The number of rotatable bonds is 6. The van der Waals surface area contributed by atoms with E-state index < -0.39 is 0 Å². The number of hydrogen-bond donors (Lipinski definition) is 0. The van der Waals surface area contributed by atoms with Gasteiger partial charge >= 0.3 is 0 Å². The van der Waals surface area contributed by atoms with Crippen molar-refractivity contribution in [3.63, 3.8) is 0 Å². The predicted octanol–water partition coefficient (Wildman–Crippen LogP) is 3.68. The van der Waals surface area contributed by atoms with Crippen LogP contribution >= 0.6 is 0 Å². The number of aryl methyl sites for hydroxylation is 1. The lowest BCUT2D eigenvalue weighted by molar-refractivity contribution is -0.135. The Bertz CT molecular complexity index is 730. The summed E-state index contributed by atoms with van der Waals surface area (Å²) in [5.74, 6) is 0.640. The zero-order chi connectivity index (χ0) is 17.5. The molecule has 0 aromatic heterocycles. The first kappa shape index (κ1) is 17.6. The van der Waals surface area contributed by atoms with E-state index >= 15 is 0 Å². The summed E-state index contributed by atoms with van der Waals surface area (Å²) in [4.78, 5) is 14.3. The molecule has 4 nitrogen and oxygen atoms in total. The van der Waals surface area contributed by atoms with Crippen LogP contribution in [0.5, 0.6) is 5.75 Å². The Morgan fingerprint density at radius 1 is 1.21 bits per heavy atom. The van der Waals surface area contributed by atoms with Gasteiger partial charge in [0.25, 0.3) is 5.91 Å². The van der Waals surface area contributed by atoms with Crippen molar-refractivity contribution in [1.82, 2.24) is 4.90 Å². The van der Waals surface area contributed by atoms with Gasteiger partial charge in [-0.2, -0.15) is 5.26 Å². The number of hydrogen-bond acceptors (Lipinski definition) is 3. The molecule has 0 saturated heterocycles. The highest BCUT2D eigenvalue weighted by molar-refractivity contribution is 5.78. The standard InChI is InChI=1S/C20H22N2O2/c1-15(2)22(13-18-9-7-17(12-21)8-10-18)20(23)14-24-19-6-4-5-16(3)11-19/h4-11,15H,13-14H2,1-3H3. The zero-order valence-electron chi connectivity index (χ0n) is 14.3. The van der Waals surface area contributed by atoms with E-state index in [1.165, 1.54) is 0 Å². The lowest BCUT2D eigenvalue weighted by Crippen LogP contribution is -2.39. The van der Waals surface area contributed by atoms with Crippen molar-refractivity contribution in [3.8, 4) is 11.8 Å². The highest BCUT2D eigenvalue weighted by atomic mass is 16.5. The first-order valence-electron chi connectivity index (χ1n) is 7.97. The van der Waals surface area contributed by atoms with Gasteiger partial charge in [0.05, 0.1) is 11.6 Å². The van der Waals surface area contributed by atoms with Crippen LogP contribution in [-0.2, 0) is 11.3 Å². The second kappa shape index (κ2) is 8.16. The van der Waals surface area contributed by atoms with Crippen molar-refractivity contribution >= 4 is 5.91 Å². The molecule has 0 spiro atoms. The van der Waals surface area contributed by atoms with Gasteiger partial charge in [-0.15, -0.1) is 0 Å². The fraction of sp³-hybridized carbons (Fsp3) is 0.300. The maximum absolute atomic E-state index is 12.5. The Balaban J connectivity index is 2.00. The van der Waals surface area contributed by atoms with Crippen molar-refractivity contribution in [2.24, 2.45) is 0 Å². The van der Waals surface area contributed by atoms with E-state index in [2.05, 4.69) is 6.07 Å². The molecule has 0 unspecified atom stereocenters. The zero-order valence-corrected chi connectivity index (χ0v) is 14.3. The summed E-state index contributed by atoms with van der Waals surface area (Å²) in [6, 6.07) is 17.1. The Kier molecular flexibility index (Phi) is 5.97.